The highest BCUT2D eigenvalue weighted by Crippen LogP contribution is 2.24. The molecule has 0 spiro atoms. The van der Waals surface area contributed by atoms with Crippen LogP contribution in [0.5, 0.6) is 5.75 Å². The molecule has 2 rings (SSSR count). The number of aromatic hydroxyl groups is 1. The van der Waals surface area contributed by atoms with Crippen LogP contribution in [0.1, 0.15) is 24.1 Å². The molecule has 0 saturated heterocycles. The predicted octanol–water partition coefficient (Wildman–Crippen LogP) is 3.94. The molecular formula is C18H15BrN2O2. The lowest BCUT2D eigenvalue weighted by molar-refractivity contribution is -0.117. The Hall–Kier alpha value is -2.58. The van der Waals surface area contributed by atoms with Crippen LogP contribution in [-0.4, -0.2) is 11.0 Å². The van der Waals surface area contributed by atoms with Crippen LogP contribution in [0.4, 0.5) is 0 Å². The summed E-state index contributed by atoms with van der Waals surface area (Å²) in [5, 5.41) is 21.8. The molecule has 23 heavy (non-hydrogen) atoms. The third-order valence-electron chi connectivity index (χ3n) is 3.30. The van der Waals surface area contributed by atoms with Gasteiger partial charge < -0.3 is 10.4 Å². The van der Waals surface area contributed by atoms with Crippen molar-refractivity contribution in [1.29, 1.82) is 5.26 Å². The Morgan fingerprint density at radius 1 is 1.30 bits per heavy atom. The summed E-state index contributed by atoms with van der Waals surface area (Å²) < 4.78 is 0.747. The van der Waals surface area contributed by atoms with Crippen molar-refractivity contribution in [3.05, 3.63) is 69.7 Å². The Labute approximate surface area is 143 Å². The lowest BCUT2D eigenvalue weighted by Gasteiger charge is -2.13. The largest absolute Gasteiger partial charge is 0.507 e. The second-order valence-corrected chi connectivity index (χ2v) is 5.89. The van der Waals surface area contributed by atoms with E-state index in [0.717, 1.165) is 10.0 Å². The van der Waals surface area contributed by atoms with Gasteiger partial charge >= 0.3 is 0 Å². The molecule has 116 valence electrons. The summed E-state index contributed by atoms with van der Waals surface area (Å²) in [5.41, 5.74) is 1.28. The second kappa shape index (κ2) is 7.61. The minimum Gasteiger partial charge on any atom is -0.507 e. The Balaban J connectivity index is 2.20. The lowest BCUT2D eigenvalue weighted by Crippen LogP contribution is -2.27. The quantitative estimate of drug-likeness (QED) is 0.632. The Bertz CT molecular complexity index is 779. The van der Waals surface area contributed by atoms with Crippen molar-refractivity contribution in [2.45, 2.75) is 13.0 Å². The standard InChI is InChI=1S/C18H15BrN2O2/c1-12(13-5-3-2-4-6-13)21-18(23)15(11-20)9-14-10-16(19)7-8-17(14)22/h2-10,12,22H,1H3,(H,21,23). The number of phenolic OH excluding ortho intramolecular Hbond substituents is 1. The Morgan fingerprint density at radius 2 is 2.00 bits per heavy atom. The molecule has 2 aromatic rings. The zero-order valence-electron chi connectivity index (χ0n) is 12.5. The van der Waals surface area contributed by atoms with Crippen molar-refractivity contribution >= 4 is 27.9 Å². The van der Waals surface area contributed by atoms with Gasteiger partial charge in [-0.2, -0.15) is 5.26 Å². The number of benzene rings is 2. The van der Waals surface area contributed by atoms with Gasteiger partial charge in [0.2, 0.25) is 0 Å². The highest BCUT2D eigenvalue weighted by molar-refractivity contribution is 9.10. The molecule has 0 aliphatic heterocycles. The maximum atomic E-state index is 12.3. The maximum Gasteiger partial charge on any atom is 0.262 e. The topological polar surface area (TPSA) is 73.1 Å². The van der Waals surface area contributed by atoms with Crippen LogP contribution in [0.2, 0.25) is 0 Å². The third kappa shape index (κ3) is 4.44. The van der Waals surface area contributed by atoms with Gasteiger partial charge in [0.15, 0.2) is 0 Å². The van der Waals surface area contributed by atoms with Gasteiger partial charge in [0.25, 0.3) is 5.91 Å². The molecule has 4 nitrogen and oxygen atoms in total. The smallest absolute Gasteiger partial charge is 0.262 e. The van der Waals surface area contributed by atoms with Crippen molar-refractivity contribution < 1.29 is 9.90 Å². The van der Waals surface area contributed by atoms with Crippen molar-refractivity contribution in [3.8, 4) is 11.8 Å². The van der Waals surface area contributed by atoms with E-state index in [1.807, 2.05) is 43.3 Å². The Morgan fingerprint density at radius 3 is 2.65 bits per heavy atom. The van der Waals surface area contributed by atoms with E-state index in [1.54, 1.807) is 12.1 Å². The zero-order chi connectivity index (χ0) is 16.8. The molecule has 1 atom stereocenters. The first-order valence-corrected chi connectivity index (χ1v) is 7.76. The van der Waals surface area contributed by atoms with Gasteiger partial charge in [-0.05, 0) is 36.8 Å². The number of hydrogen-bond acceptors (Lipinski definition) is 3. The summed E-state index contributed by atoms with van der Waals surface area (Å²) in [5.74, 6) is -0.479. The molecule has 0 radical (unpaired) electrons. The molecule has 0 saturated carbocycles. The predicted molar refractivity (Wildman–Crippen MR) is 92.4 cm³/mol. The van der Waals surface area contributed by atoms with Crippen LogP contribution < -0.4 is 5.32 Å². The molecule has 1 amide bonds. The first-order chi connectivity index (χ1) is 11.0. The van der Waals surface area contributed by atoms with Gasteiger partial charge in [0, 0.05) is 10.0 Å². The number of nitrogens with zero attached hydrogens (tertiary/aromatic N) is 1. The van der Waals surface area contributed by atoms with E-state index in [-0.39, 0.29) is 17.4 Å². The van der Waals surface area contributed by atoms with Crippen LogP contribution in [0.25, 0.3) is 6.08 Å². The van der Waals surface area contributed by atoms with E-state index in [1.165, 1.54) is 12.1 Å². The molecule has 0 aromatic heterocycles. The van der Waals surface area contributed by atoms with Gasteiger partial charge in [-0.15, -0.1) is 0 Å². The molecule has 0 aliphatic carbocycles. The summed E-state index contributed by atoms with van der Waals surface area (Å²) >= 11 is 3.29. The first-order valence-electron chi connectivity index (χ1n) is 6.97. The summed E-state index contributed by atoms with van der Waals surface area (Å²) in [7, 11) is 0. The van der Waals surface area contributed by atoms with Gasteiger partial charge in [-0.3, -0.25) is 4.79 Å². The number of carbonyl (C=O) groups is 1. The second-order valence-electron chi connectivity index (χ2n) is 4.98. The molecule has 2 N–H and O–H groups in total. The van der Waals surface area contributed by atoms with Gasteiger partial charge in [-0.1, -0.05) is 46.3 Å². The van der Waals surface area contributed by atoms with E-state index in [0.29, 0.717) is 5.56 Å². The number of nitrogens with one attached hydrogen (secondary N) is 1. The van der Waals surface area contributed by atoms with Crippen LogP contribution in [0.15, 0.2) is 58.6 Å². The number of halogens is 1. The third-order valence-corrected chi connectivity index (χ3v) is 3.79. The Kier molecular flexibility index (Phi) is 5.56. The molecule has 0 bridgehead atoms. The van der Waals surface area contributed by atoms with E-state index in [4.69, 9.17) is 0 Å². The van der Waals surface area contributed by atoms with Crippen LogP contribution in [-0.2, 0) is 4.79 Å². The van der Waals surface area contributed by atoms with Crippen LogP contribution >= 0.6 is 15.9 Å². The molecule has 0 aliphatic rings. The number of amides is 1. The molecule has 1 unspecified atom stereocenters. The summed E-state index contributed by atoms with van der Waals surface area (Å²) in [6.07, 6.45) is 1.37. The molecule has 2 aromatic carbocycles. The average Bonchev–Trinajstić information content (AvgIpc) is 2.56. The molecule has 5 heteroatoms. The molecular weight excluding hydrogens is 356 g/mol. The summed E-state index contributed by atoms with van der Waals surface area (Å²) in [6, 6.07) is 15.9. The molecule has 0 fully saturated rings. The van der Waals surface area contributed by atoms with E-state index in [9.17, 15) is 15.2 Å². The molecule has 0 heterocycles. The lowest BCUT2D eigenvalue weighted by atomic mass is 10.1. The van der Waals surface area contributed by atoms with Crippen molar-refractivity contribution in [1.82, 2.24) is 5.32 Å². The van der Waals surface area contributed by atoms with Crippen molar-refractivity contribution in [2.75, 3.05) is 0 Å². The number of carbonyl (C=O) groups excluding carboxylic acids is 1. The highest BCUT2D eigenvalue weighted by Gasteiger charge is 2.14. The number of rotatable bonds is 4. The SMILES string of the molecule is CC(NC(=O)C(C#N)=Cc1cc(Br)ccc1O)c1ccccc1. The van der Waals surface area contributed by atoms with Crippen molar-refractivity contribution in [3.63, 3.8) is 0 Å². The van der Waals surface area contributed by atoms with E-state index >= 15 is 0 Å². The van der Waals surface area contributed by atoms with Gasteiger partial charge in [0.1, 0.15) is 17.4 Å². The fraction of sp³-hybridized carbons (Fsp3) is 0.111. The van der Waals surface area contributed by atoms with Crippen LogP contribution in [0, 0.1) is 11.3 Å². The highest BCUT2D eigenvalue weighted by atomic mass is 79.9. The van der Waals surface area contributed by atoms with E-state index < -0.39 is 5.91 Å². The minimum atomic E-state index is -0.483. The minimum absolute atomic E-state index is 0.00450. The first kappa shape index (κ1) is 16.8. The fourth-order valence-corrected chi connectivity index (χ4v) is 2.42. The van der Waals surface area contributed by atoms with Gasteiger partial charge in [0.05, 0.1) is 6.04 Å². The summed E-state index contributed by atoms with van der Waals surface area (Å²) in [6.45, 7) is 1.85. The average molecular weight is 371 g/mol. The monoisotopic (exact) mass is 370 g/mol. The fourth-order valence-electron chi connectivity index (χ4n) is 2.04. The number of hydrogen-bond donors (Lipinski definition) is 2. The normalized spacial score (nSPS) is 12.3. The summed E-state index contributed by atoms with van der Waals surface area (Å²) in [4.78, 5) is 12.3. The van der Waals surface area contributed by atoms with Gasteiger partial charge in [-0.25, -0.2) is 0 Å². The van der Waals surface area contributed by atoms with Crippen LogP contribution in [0.3, 0.4) is 0 Å². The van der Waals surface area contributed by atoms with E-state index in [2.05, 4.69) is 21.2 Å². The van der Waals surface area contributed by atoms with Crippen molar-refractivity contribution in [2.24, 2.45) is 0 Å². The maximum absolute atomic E-state index is 12.3. The number of nitriles is 1. The number of phenols is 1. The zero-order valence-corrected chi connectivity index (χ0v) is 14.0.